The fourth-order valence-electron chi connectivity index (χ4n) is 1.60. The average Bonchev–Trinajstić information content (AvgIpc) is 2.86. The van der Waals surface area contributed by atoms with E-state index in [-0.39, 0.29) is 11.8 Å². The highest BCUT2D eigenvalue weighted by Crippen LogP contribution is 2.20. The molecule has 15 heavy (non-hydrogen) atoms. The molecular weight excluding hydrogens is 200 g/mol. The van der Waals surface area contributed by atoms with Crippen LogP contribution in [0, 0.1) is 0 Å². The normalized spacial score (nSPS) is 20.9. The fraction of sp³-hybridized carbons (Fsp3) is 0.556. The van der Waals surface area contributed by atoms with Crippen molar-refractivity contribution in [2.75, 3.05) is 25.1 Å². The Hall–Kier alpha value is -1.56. The summed E-state index contributed by atoms with van der Waals surface area (Å²) in [6.07, 6.45) is 2.23. The zero-order valence-electron chi connectivity index (χ0n) is 8.34. The van der Waals surface area contributed by atoms with E-state index >= 15 is 0 Å². The van der Waals surface area contributed by atoms with Crippen LogP contribution >= 0.6 is 0 Å². The molecule has 1 aliphatic heterocycles. The molecule has 2 heterocycles. The van der Waals surface area contributed by atoms with Gasteiger partial charge in [0, 0.05) is 20.2 Å². The van der Waals surface area contributed by atoms with E-state index in [9.17, 15) is 4.79 Å². The van der Waals surface area contributed by atoms with E-state index in [4.69, 9.17) is 14.3 Å². The van der Waals surface area contributed by atoms with Gasteiger partial charge < -0.3 is 19.2 Å². The summed E-state index contributed by atoms with van der Waals surface area (Å²) in [5.74, 6) is -1.08. The molecule has 82 valence electrons. The van der Waals surface area contributed by atoms with Crippen LogP contribution < -0.4 is 4.90 Å². The number of carbonyl (C=O) groups is 1. The van der Waals surface area contributed by atoms with Gasteiger partial charge in [-0.25, -0.2) is 4.79 Å². The number of aromatic nitrogens is 1. The molecule has 1 aromatic heterocycles. The molecule has 1 unspecified atom stereocenters. The molecule has 1 fully saturated rings. The molecule has 0 radical (unpaired) electrons. The molecule has 6 nitrogen and oxygen atoms in total. The summed E-state index contributed by atoms with van der Waals surface area (Å²) < 4.78 is 10.3. The zero-order chi connectivity index (χ0) is 10.8. The second-order valence-electron chi connectivity index (χ2n) is 3.41. The van der Waals surface area contributed by atoms with Gasteiger partial charge in [0.15, 0.2) is 5.69 Å². The third-order valence-electron chi connectivity index (χ3n) is 2.46. The van der Waals surface area contributed by atoms with Crippen LogP contribution in [0.25, 0.3) is 0 Å². The van der Waals surface area contributed by atoms with Crippen molar-refractivity contribution in [2.45, 2.75) is 12.5 Å². The Morgan fingerprint density at radius 1 is 1.80 bits per heavy atom. The van der Waals surface area contributed by atoms with Crippen LogP contribution in [0.4, 0.5) is 6.01 Å². The van der Waals surface area contributed by atoms with Crippen molar-refractivity contribution >= 4 is 12.0 Å². The predicted octanol–water partition coefficient (Wildman–Crippen LogP) is 0.598. The standard InChI is InChI=1S/C9H12N2O4/c1-14-6-2-3-11(4-6)9-10-7(5-15-9)8(12)13/h5-6H,2-4H2,1H3,(H,12,13). The molecule has 1 aliphatic rings. The number of hydrogen-bond donors (Lipinski definition) is 1. The summed E-state index contributed by atoms with van der Waals surface area (Å²) in [4.78, 5) is 16.3. The lowest BCUT2D eigenvalue weighted by molar-refractivity contribution is 0.0690. The number of carboxylic acid groups (broad SMARTS) is 1. The van der Waals surface area contributed by atoms with E-state index in [1.54, 1.807) is 7.11 Å². The minimum absolute atomic E-state index is 0.0640. The number of rotatable bonds is 3. The van der Waals surface area contributed by atoms with Gasteiger partial charge in [-0.05, 0) is 6.42 Å². The predicted molar refractivity (Wildman–Crippen MR) is 51.1 cm³/mol. The number of aromatic carboxylic acids is 1. The third kappa shape index (κ3) is 1.94. The fourth-order valence-corrected chi connectivity index (χ4v) is 1.60. The van der Waals surface area contributed by atoms with Crippen molar-refractivity contribution in [3.8, 4) is 0 Å². The van der Waals surface area contributed by atoms with Crippen LogP contribution in [0.1, 0.15) is 16.9 Å². The lowest BCUT2D eigenvalue weighted by atomic mass is 10.3. The number of oxazole rings is 1. The maximum atomic E-state index is 10.6. The molecule has 0 spiro atoms. The second-order valence-corrected chi connectivity index (χ2v) is 3.41. The first-order valence-corrected chi connectivity index (χ1v) is 4.67. The van der Waals surface area contributed by atoms with Crippen molar-refractivity contribution < 1.29 is 19.1 Å². The number of ether oxygens (including phenoxy) is 1. The SMILES string of the molecule is COC1CCN(c2nc(C(=O)O)co2)C1. The van der Waals surface area contributed by atoms with Crippen LogP contribution in [0.2, 0.25) is 0 Å². The first kappa shape index (κ1) is 9.97. The minimum atomic E-state index is -1.08. The number of anilines is 1. The van der Waals surface area contributed by atoms with Crippen molar-refractivity contribution in [1.82, 2.24) is 4.98 Å². The van der Waals surface area contributed by atoms with Crippen molar-refractivity contribution in [3.05, 3.63) is 12.0 Å². The molecule has 1 N–H and O–H groups in total. The molecule has 6 heteroatoms. The van der Waals surface area contributed by atoms with Crippen LogP contribution in [0.3, 0.4) is 0 Å². The first-order valence-electron chi connectivity index (χ1n) is 4.67. The van der Waals surface area contributed by atoms with Gasteiger partial charge in [0.25, 0.3) is 6.01 Å². The highest BCUT2D eigenvalue weighted by Gasteiger charge is 2.26. The highest BCUT2D eigenvalue weighted by molar-refractivity contribution is 5.85. The third-order valence-corrected chi connectivity index (χ3v) is 2.46. The Bertz CT molecular complexity index is 363. The Morgan fingerprint density at radius 3 is 3.13 bits per heavy atom. The number of nitrogens with zero attached hydrogens (tertiary/aromatic N) is 2. The van der Waals surface area contributed by atoms with Gasteiger partial charge >= 0.3 is 5.97 Å². The van der Waals surface area contributed by atoms with Gasteiger partial charge in [0.05, 0.1) is 6.10 Å². The first-order chi connectivity index (χ1) is 7.20. The van der Waals surface area contributed by atoms with Gasteiger partial charge in [-0.1, -0.05) is 0 Å². The topological polar surface area (TPSA) is 75.8 Å². The molecule has 0 amide bonds. The lowest BCUT2D eigenvalue weighted by Crippen LogP contribution is -2.22. The maximum absolute atomic E-state index is 10.6. The Kier molecular flexibility index (Phi) is 2.59. The second kappa shape index (κ2) is 3.90. The summed E-state index contributed by atoms with van der Waals surface area (Å²) in [5, 5.41) is 8.67. The van der Waals surface area contributed by atoms with E-state index in [0.717, 1.165) is 19.2 Å². The molecule has 0 aromatic carbocycles. The van der Waals surface area contributed by atoms with E-state index in [0.29, 0.717) is 12.6 Å². The molecule has 0 aliphatic carbocycles. The number of carboxylic acids is 1. The summed E-state index contributed by atoms with van der Waals surface area (Å²) in [6, 6.07) is 0.354. The zero-order valence-corrected chi connectivity index (χ0v) is 8.34. The summed E-state index contributed by atoms with van der Waals surface area (Å²) in [5.41, 5.74) is -0.0640. The van der Waals surface area contributed by atoms with Crippen LogP contribution in [0.5, 0.6) is 0 Å². The average molecular weight is 212 g/mol. The van der Waals surface area contributed by atoms with Crippen molar-refractivity contribution in [3.63, 3.8) is 0 Å². The summed E-state index contributed by atoms with van der Waals surface area (Å²) in [7, 11) is 1.66. The molecular formula is C9H12N2O4. The van der Waals surface area contributed by atoms with E-state index < -0.39 is 5.97 Å². The van der Waals surface area contributed by atoms with E-state index in [1.165, 1.54) is 0 Å². The van der Waals surface area contributed by atoms with Gasteiger partial charge in [0.2, 0.25) is 0 Å². The van der Waals surface area contributed by atoms with Gasteiger partial charge in [-0.15, -0.1) is 0 Å². The quantitative estimate of drug-likeness (QED) is 0.790. The van der Waals surface area contributed by atoms with E-state index in [2.05, 4.69) is 4.98 Å². The lowest BCUT2D eigenvalue weighted by Gasteiger charge is -2.12. The van der Waals surface area contributed by atoms with Crippen molar-refractivity contribution in [2.24, 2.45) is 0 Å². The van der Waals surface area contributed by atoms with Gasteiger partial charge in [-0.2, -0.15) is 4.98 Å². The minimum Gasteiger partial charge on any atom is -0.476 e. The Morgan fingerprint density at radius 2 is 2.60 bits per heavy atom. The Labute approximate surface area is 86.5 Å². The number of methoxy groups -OCH3 is 1. The monoisotopic (exact) mass is 212 g/mol. The van der Waals surface area contributed by atoms with Gasteiger partial charge in [-0.3, -0.25) is 0 Å². The molecule has 0 saturated carbocycles. The van der Waals surface area contributed by atoms with Gasteiger partial charge in [0.1, 0.15) is 6.26 Å². The van der Waals surface area contributed by atoms with Crippen LogP contribution in [-0.2, 0) is 4.74 Å². The summed E-state index contributed by atoms with van der Waals surface area (Å²) >= 11 is 0. The highest BCUT2D eigenvalue weighted by atomic mass is 16.5. The molecule has 1 aromatic rings. The Balaban J connectivity index is 2.07. The molecule has 1 atom stereocenters. The largest absolute Gasteiger partial charge is 0.476 e. The summed E-state index contributed by atoms with van der Waals surface area (Å²) in [6.45, 7) is 1.47. The molecule has 1 saturated heterocycles. The number of hydrogen-bond acceptors (Lipinski definition) is 5. The molecule has 2 rings (SSSR count). The van der Waals surface area contributed by atoms with E-state index in [1.807, 2.05) is 4.90 Å². The van der Waals surface area contributed by atoms with Crippen molar-refractivity contribution in [1.29, 1.82) is 0 Å². The van der Waals surface area contributed by atoms with Crippen LogP contribution in [0.15, 0.2) is 10.7 Å². The molecule has 0 bridgehead atoms. The van der Waals surface area contributed by atoms with Crippen LogP contribution in [-0.4, -0.2) is 42.4 Å². The maximum Gasteiger partial charge on any atom is 0.357 e. The smallest absolute Gasteiger partial charge is 0.357 e.